The molecule has 3 aliphatic rings. The summed E-state index contributed by atoms with van der Waals surface area (Å²) in [5.74, 6) is 1.80. The molecule has 2 bridgehead atoms. The lowest BCUT2D eigenvalue weighted by molar-refractivity contribution is 0.120. The average molecular weight is 252 g/mol. The van der Waals surface area contributed by atoms with Crippen LogP contribution in [0.2, 0.25) is 0 Å². The smallest absolute Gasteiger partial charge is 0.0618 e. The van der Waals surface area contributed by atoms with E-state index in [0.29, 0.717) is 6.04 Å². The van der Waals surface area contributed by atoms with Crippen molar-refractivity contribution in [1.82, 2.24) is 10.2 Å². The predicted octanol–water partition coefficient (Wildman–Crippen LogP) is 1.87. The van der Waals surface area contributed by atoms with Crippen molar-refractivity contribution in [3.63, 3.8) is 0 Å². The zero-order valence-electron chi connectivity index (χ0n) is 11.9. The Balaban J connectivity index is 1.45. The molecule has 0 amide bonds. The molecule has 2 heterocycles. The molecule has 18 heavy (non-hydrogen) atoms. The summed E-state index contributed by atoms with van der Waals surface area (Å²) < 4.78 is 5.35. The summed E-state index contributed by atoms with van der Waals surface area (Å²) in [5.41, 5.74) is 0. The largest absolute Gasteiger partial charge is 0.383 e. The Morgan fingerprint density at radius 3 is 2.39 bits per heavy atom. The molecule has 3 rings (SSSR count). The zero-order valence-corrected chi connectivity index (χ0v) is 11.9. The summed E-state index contributed by atoms with van der Waals surface area (Å²) in [6, 6.07) is 2.36. The Morgan fingerprint density at radius 1 is 1.17 bits per heavy atom. The van der Waals surface area contributed by atoms with Gasteiger partial charge in [0.2, 0.25) is 0 Å². The quantitative estimate of drug-likeness (QED) is 0.781. The van der Waals surface area contributed by atoms with E-state index in [9.17, 15) is 0 Å². The van der Waals surface area contributed by atoms with E-state index in [-0.39, 0.29) is 0 Å². The summed E-state index contributed by atoms with van der Waals surface area (Å²) in [5, 5.41) is 3.79. The molecule has 104 valence electrons. The Labute approximate surface area is 111 Å². The van der Waals surface area contributed by atoms with Crippen LogP contribution in [0.4, 0.5) is 0 Å². The average Bonchev–Trinajstić information content (AvgIpc) is 3.16. The Hall–Kier alpha value is -0.120. The lowest BCUT2D eigenvalue weighted by Gasteiger charge is -2.37. The lowest BCUT2D eigenvalue weighted by Crippen LogP contribution is -2.45. The fourth-order valence-corrected chi connectivity index (χ4v) is 4.05. The summed E-state index contributed by atoms with van der Waals surface area (Å²) >= 11 is 0. The standard InChI is InChI=1S/C15H28N2O/c1-17-13-5-6-14(17)8-11(7-13)9-16-15(10-18-2)12-3-4-12/h11-16H,3-10H2,1-2H3. The highest BCUT2D eigenvalue weighted by Crippen LogP contribution is 2.37. The normalized spacial score (nSPS) is 38.0. The van der Waals surface area contributed by atoms with Gasteiger partial charge in [-0.1, -0.05) is 0 Å². The monoisotopic (exact) mass is 252 g/mol. The fourth-order valence-electron chi connectivity index (χ4n) is 4.05. The second-order valence-corrected chi connectivity index (χ2v) is 6.70. The number of nitrogens with one attached hydrogen (secondary N) is 1. The van der Waals surface area contributed by atoms with Gasteiger partial charge in [-0.15, -0.1) is 0 Å². The highest BCUT2D eigenvalue weighted by Gasteiger charge is 2.39. The first-order valence-corrected chi connectivity index (χ1v) is 7.72. The molecule has 1 saturated carbocycles. The molecule has 0 aromatic carbocycles. The number of nitrogens with zero attached hydrogens (tertiary/aromatic N) is 1. The van der Waals surface area contributed by atoms with Crippen molar-refractivity contribution < 1.29 is 4.74 Å². The maximum atomic E-state index is 5.35. The van der Waals surface area contributed by atoms with Crippen molar-refractivity contribution in [3.8, 4) is 0 Å². The van der Waals surface area contributed by atoms with Crippen molar-refractivity contribution in [3.05, 3.63) is 0 Å². The summed E-state index contributed by atoms with van der Waals surface area (Å²) in [6.07, 6.45) is 8.48. The fraction of sp³-hybridized carbons (Fsp3) is 1.00. The minimum absolute atomic E-state index is 0.618. The van der Waals surface area contributed by atoms with Crippen LogP contribution in [-0.2, 0) is 4.74 Å². The number of hydrogen-bond acceptors (Lipinski definition) is 3. The molecule has 0 aromatic rings. The minimum atomic E-state index is 0.618. The van der Waals surface area contributed by atoms with E-state index in [1.54, 1.807) is 0 Å². The van der Waals surface area contributed by atoms with Crippen molar-refractivity contribution in [2.75, 3.05) is 27.3 Å². The Morgan fingerprint density at radius 2 is 1.83 bits per heavy atom. The van der Waals surface area contributed by atoms with Crippen LogP contribution in [0.25, 0.3) is 0 Å². The van der Waals surface area contributed by atoms with Crippen LogP contribution in [-0.4, -0.2) is 50.3 Å². The van der Waals surface area contributed by atoms with E-state index < -0.39 is 0 Å². The number of ether oxygens (including phenoxy) is 1. The zero-order chi connectivity index (χ0) is 12.5. The van der Waals surface area contributed by atoms with Crippen LogP contribution in [0.3, 0.4) is 0 Å². The summed E-state index contributed by atoms with van der Waals surface area (Å²) in [7, 11) is 4.15. The van der Waals surface area contributed by atoms with Crippen molar-refractivity contribution in [1.29, 1.82) is 0 Å². The second-order valence-electron chi connectivity index (χ2n) is 6.70. The molecule has 1 aliphatic carbocycles. The van der Waals surface area contributed by atoms with Gasteiger partial charge in [-0.3, -0.25) is 0 Å². The first-order chi connectivity index (χ1) is 8.78. The maximum absolute atomic E-state index is 5.35. The molecule has 3 nitrogen and oxygen atoms in total. The van der Waals surface area contributed by atoms with Crippen LogP contribution in [0.1, 0.15) is 38.5 Å². The van der Waals surface area contributed by atoms with E-state index in [1.165, 1.54) is 45.1 Å². The van der Waals surface area contributed by atoms with Crippen LogP contribution in [0.15, 0.2) is 0 Å². The van der Waals surface area contributed by atoms with Gasteiger partial charge in [0.1, 0.15) is 0 Å². The van der Waals surface area contributed by atoms with Gasteiger partial charge < -0.3 is 15.0 Å². The number of hydrogen-bond donors (Lipinski definition) is 1. The SMILES string of the molecule is COCC(NCC1CC2CCC(C1)N2C)C1CC1. The topological polar surface area (TPSA) is 24.5 Å². The molecule has 3 atom stereocenters. The van der Waals surface area contributed by atoms with Gasteiger partial charge in [0.05, 0.1) is 6.61 Å². The van der Waals surface area contributed by atoms with Crippen LogP contribution >= 0.6 is 0 Å². The van der Waals surface area contributed by atoms with E-state index >= 15 is 0 Å². The van der Waals surface area contributed by atoms with Crippen LogP contribution < -0.4 is 5.32 Å². The van der Waals surface area contributed by atoms with Gasteiger partial charge in [0.15, 0.2) is 0 Å². The first kappa shape index (κ1) is 12.9. The number of fused-ring (bicyclic) bond motifs is 2. The molecule has 0 radical (unpaired) electrons. The third-order valence-corrected chi connectivity index (χ3v) is 5.40. The van der Waals surface area contributed by atoms with Gasteiger partial charge in [0, 0.05) is 25.2 Å². The molecule has 3 fully saturated rings. The highest BCUT2D eigenvalue weighted by atomic mass is 16.5. The molecule has 2 aliphatic heterocycles. The summed E-state index contributed by atoms with van der Waals surface area (Å²) in [6.45, 7) is 2.11. The molecule has 0 aromatic heterocycles. The van der Waals surface area contributed by atoms with Crippen molar-refractivity contribution in [2.24, 2.45) is 11.8 Å². The number of rotatable bonds is 6. The Kier molecular flexibility index (Phi) is 3.92. The van der Waals surface area contributed by atoms with Crippen molar-refractivity contribution >= 4 is 0 Å². The summed E-state index contributed by atoms with van der Waals surface area (Å²) in [4.78, 5) is 2.63. The Bertz CT molecular complexity index is 266. The molecule has 0 spiro atoms. The van der Waals surface area contributed by atoms with E-state index in [0.717, 1.165) is 30.5 Å². The van der Waals surface area contributed by atoms with Gasteiger partial charge in [-0.25, -0.2) is 0 Å². The molecule has 3 unspecified atom stereocenters. The predicted molar refractivity (Wildman–Crippen MR) is 73.7 cm³/mol. The highest BCUT2D eigenvalue weighted by molar-refractivity contribution is 4.95. The lowest BCUT2D eigenvalue weighted by atomic mass is 9.91. The molecule has 3 heteroatoms. The third kappa shape index (κ3) is 2.73. The number of methoxy groups -OCH3 is 1. The first-order valence-electron chi connectivity index (χ1n) is 7.72. The maximum Gasteiger partial charge on any atom is 0.0618 e. The molecular formula is C15H28N2O. The van der Waals surface area contributed by atoms with Gasteiger partial charge in [-0.2, -0.15) is 0 Å². The minimum Gasteiger partial charge on any atom is -0.383 e. The molecule has 1 N–H and O–H groups in total. The second kappa shape index (κ2) is 5.48. The van der Waals surface area contributed by atoms with E-state index in [1.807, 2.05) is 7.11 Å². The van der Waals surface area contributed by atoms with E-state index in [2.05, 4.69) is 17.3 Å². The van der Waals surface area contributed by atoms with Crippen molar-refractivity contribution in [2.45, 2.75) is 56.7 Å². The molecular weight excluding hydrogens is 224 g/mol. The van der Waals surface area contributed by atoms with E-state index in [4.69, 9.17) is 4.74 Å². The number of piperidine rings is 1. The van der Waals surface area contributed by atoms with Gasteiger partial charge >= 0.3 is 0 Å². The molecule has 2 saturated heterocycles. The van der Waals surface area contributed by atoms with Gasteiger partial charge in [0.25, 0.3) is 0 Å². The van der Waals surface area contributed by atoms with Gasteiger partial charge in [-0.05, 0) is 64.0 Å². The van der Waals surface area contributed by atoms with Crippen LogP contribution in [0.5, 0.6) is 0 Å². The third-order valence-electron chi connectivity index (χ3n) is 5.40. The van der Waals surface area contributed by atoms with Crippen LogP contribution in [0, 0.1) is 11.8 Å².